The SMILES string of the molecule is CC(=O)c1cc(C)cc2c(=O)n3c(cc12)-c1cccnc1CC3. The number of carbonyl (C=O) groups is 1. The number of rotatable bonds is 1. The van der Waals surface area contributed by atoms with Gasteiger partial charge in [0.1, 0.15) is 0 Å². The molecule has 1 aliphatic rings. The van der Waals surface area contributed by atoms with Crippen LogP contribution < -0.4 is 5.56 Å². The number of nitrogens with zero attached hydrogens (tertiary/aromatic N) is 2. The van der Waals surface area contributed by atoms with E-state index in [1.54, 1.807) is 17.7 Å². The fraction of sp³-hybridized carbons (Fsp3) is 0.211. The summed E-state index contributed by atoms with van der Waals surface area (Å²) in [6.07, 6.45) is 2.53. The minimum Gasteiger partial charge on any atom is -0.307 e. The van der Waals surface area contributed by atoms with Gasteiger partial charge in [-0.05, 0) is 49.7 Å². The summed E-state index contributed by atoms with van der Waals surface area (Å²) in [7, 11) is 0. The molecule has 23 heavy (non-hydrogen) atoms. The summed E-state index contributed by atoms with van der Waals surface area (Å²) < 4.78 is 1.80. The molecular weight excluding hydrogens is 288 g/mol. The molecule has 0 amide bonds. The average molecular weight is 304 g/mol. The number of fused-ring (bicyclic) bond motifs is 4. The van der Waals surface area contributed by atoms with Crippen molar-refractivity contribution in [2.45, 2.75) is 26.8 Å². The first-order valence-corrected chi connectivity index (χ1v) is 7.69. The lowest BCUT2D eigenvalue weighted by Crippen LogP contribution is -2.27. The van der Waals surface area contributed by atoms with Crippen LogP contribution in [-0.2, 0) is 13.0 Å². The summed E-state index contributed by atoms with van der Waals surface area (Å²) in [4.78, 5) is 29.4. The second-order valence-corrected chi connectivity index (χ2v) is 6.06. The van der Waals surface area contributed by atoms with Crippen LogP contribution in [-0.4, -0.2) is 15.3 Å². The molecule has 0 atom stereocenters. The predicted octanol–water partition coefficient (Wildman–Crippen LogP) is 3.13. The molecule has 0 aliphatic carbocycles. The van der Waals surface area contributed by atoms with E-state index >= 15 is 0 Å². The number of benzene rings is 1. The second-order valence-electron chi connectivity index (χ2n) is 6.06. The van der Waals surface area contributed by atoms with Crippen molar-refractivity contribution in [2.24, 2.45) is 0 Å². The smallest absolute Gasteiger partial charge is 0.258 e. The van der Waals surface area contributed by atoms with Crippen molar-refractivity contribution in [2.75, 3.05) is 0 Å². The molecule has 2 aromatic heterocycles. The van der Waals surface area contributed by atoms with Gasteiger partial charge < -0.3 is 4.57 Å². The molecule has 0 radical (unpaired) electrons. The molecular formula is C19H16N2O2. The number of aromatic nitrogens is 2. The molecule has 4 heteroatoms. The minimum atomic E-state index is -0.0294. The molecule has 0 unspecified atom stereocenters. The Kier molecular flexibility index (Phi) is 2.94. The summed E-state index contributed by atoms with van der Waals surface area (Å²) in [6.45, 7) is 4.08. The highest BCUT2D eigenvalue weighted by atomic mass is 16.1. The summed E-state index contributed by atoms with van der Waals surface area (Å²) in [5.41, 5.74) is 4.34. The molecule has 3 aromatic rings. The van der Waals surface area contributed by atoms with Gasteiger partial charge in [-0.1, -0.05) is 0 Å². The first kappa shape index (κ1) is 13.9. The van der Waals surface area contributed by atoms with Crippen LogP contribution in [0.3, 0.4) is 0 Å². The summed E-state index contributed by atoms with van der Waals surface area (Å²) in [5, 5.41) is 1.35. The Morgan fingerprint density at radius 2 is 2.04 bits per heavy atom. The van der Waals surface area contributed by atoms with E-state index in [0.29, 0.717) is 17.5 Å². The van der Waals surface area contributed by atoms with Crippen LogP contribution in [0.2, 0.25) is 0 Å². The van der Waals surface area contributed by atoms with E-state index in [1.807, 2.05) is 37.3 Å². The van der Waals surface area contributed by atoms with Gasteiger partial charge in [0.15, 0.2) is 5.78 Å². The fourth-order valence-corrected chi connectivity index (χ4v) is 3.42. The van der Waals surface area contributed by atoms with Crippen LogP contribution in [0.5, 0.6) is 0 Å². The molecule has 1 aromatic carbocycles. The van der Waals surface area contributed by atoms with Gasteiger partial charge in [0.25, 0.3) is 5.56 Å². The average Bonchev–Trinajstić information content (AvgIpc) is 2.55. The third kappa shape index (κ3) is 2.02. The largest absolute Gasteiger partial charge is 0.307 e. The zero-order valence-corrected chi connectivity index (χ0v) is 13.1. The number of hydrogen-bond acceptors (Lipinski definition) is 3. The molecule has 4 nitrogen and oxygen atoms in total. The number of aryl methyl sites for hydroxylation is 2. The van der Waals surface area contributed by atoms with E-state index < -0.39 is 0 Å². The van der Waals surface area contributed by atoms with E-state index in [9.17, 15) is 9.59 Å². The lowest BCUT2D eigenvalue weighted by atomic mass is 9.95. The zero-order chi connectivity index (χ0) is 16.1. The van der Waals surface area contributed by atoms with Crippen LogP contribution in [0.4, 0.5) is 0 Å². The Balaban J connectivity index is 2.16. The molecule has 0 bridgehead atoms. The van der Waals surface area contributed by atoms with E-state index in [-0.39, 0.29) is 11.3 Å². The maximum absolute atomic E-state index is 12.9. The van der Waals surface area contributed by atoms with Crippen LogP contribution in [0.1, 0.15) is 28.5 Å². The van der Waals surface area contributed by atoms with Gasteiger partial charge in [-0.25, -0.2) is 0 Å². The van der Waals surface area contributed by atoms with Crippen molar-refractivity contribution in [3.63, 3.8) is 0 Å². The first-order chi connectivity index (χ1) is 11.1. The first-order valence-electron chi connectivity index (χ1n) is 7.69. The third-order valence-electron chi connectivity index (χ3n) is 4.49. The van der Waals surface area contributed by atoms with Crippen molar-refractivity contribution in [1.29, 1.82) is 0 Å². The zero-order valence-electron chi connectivity index (χ0n) is 13.1. The van der Waals surface area contributed by atoms with Crippen molar-refractivity contribution in [3.8, 4) is 11.3 Å². The number of Topliss-reactive ketones (excluding diaryl/α,β-unsaturated/α-hetero) is 1. The van der Waals surface area contributed by atoms with Gasteiger partial charge in [0, 0.05) is 41.1 Å². The number of pyridine rings is 2. The monoisotopic (exact) mass is 304 g/mol. The van der Waals surface area contributed by atoms with Gasteiger partial charge in [-0.2, -0.15) is 0 Å². The highest BCUT2D eigenvalue weighted by Gasteiger charge is 2.21. The summed E-state index contributed by atoms with van der Waals surface area (Å²) >= 11 is 0. The third-order valence-corrected chi connectivity index (χ3v) is 4.49. The van der Waals surface area contributed by atoms with E-state index in [1.165, 1.54) is 0 Å². The fourth-order valence-electron chi connectivity index (χ4n) is 3.42. The molecule has 0 saturated carbocycles. The second kappa shape index (κ2) is 4.88. The lowest BCUT2D eigenvalue weighted by molar-refractivity contribution is 0.101. The number of carbonyl (C=O) groups excluding carboxylic acids is 1. The van der Waals surface area contributed by atoms with Crippen LogP contribution in [0.25, 0.3) is 22.0 Å². The van der Waals surface area contributed by atoms with Gasteiger partial charge >= 0.3 is 0 Å². The Morgan fingerprint density at radius 3 is 2.83 bits per heavy atom. The van der Waals surface area contributed by atoms with E-state index in [4.69, 9.17) is 0 Å². The summed E-state index contributed by atoms with van der Waals surface area (Å²) in [6, 6.07) is 9.56. The number of hydrogen-bond donors (Lipinski definition) is 0. The Hall–Kier alpha value is -2.75. The van der Waals surface area contributed by atoms with Gasteiger partial charge in [0.2, 0.25) is 0 Å². The molecule has 0 spiro atoms. The molecule has 4 rings (SSSR count). The maximum Gasteiger partial charge on any atom is 0.258 e. The Morgan fingerprint density at radius 1 is 1.22 bits per heavy atom. The molecule has 0 fully saturated rings. The molecule has 114 valence electrons. The molecule has 1 aliphatic heterocycles. The van der Waals surface area contributed by atoms with Gasteiger partial charge in [-0.3, -0.25) is 14.6 Å². The van der Waals surface area contributed by atoms with Gasteiger partial charge in [0.05, 0.1) is 11.4 Å². The van der Waals surface area contributed by atoms with E-state index in [0.717, 1.165) is 34.3 Å². The van der Waals surface area contributed by atoms with Gasteiger partial charge in [-0.15, -0.1) is 0 Å². The van der Waals surface area contributed by atoms with Crippen molar-refractivity contribution < 1.29 is 4.79 Å². The Labute approximate surface area is 133 Å². The number of ketones is 1. The van der Waals surface area contributed by atoms with Crippen LogP contribution in [0.15, 0.2) is 41.3 Å². The Bertz CT molecular complexity index is 1030. The van der Waals surface area contributed by atoms with Crippen molar-refractivity contribution >= 4 is 16.6 Å². The van der Waals surface area contributed by atoms with Crippen molar-refractivity contribution in [3.05, 3.63) is 63.7 Å². The molecule has 0 N–H and O–H groups in total. The topological polar surface area (TPSA) is 52.0 Å². The highest BCUT2D eigenvalue weighted by molar-refractivity contribution is 6.08. The lowest BCUT2D eigenvalue weighted by Gasteiger charge is -2.22. The standard InChI is InChI=1S/C19H16N2O2/c1-11-8-14(12(2)22)15-10-18-13-4-3-6-20-17(13)5-7-21(18)19(23)16(15)9-11/h3-4,6,8-10H,5,7H2,1-2H3. The summed E-state index contributed by atoms with van der Waals surface area (Å²) in [5.74, 6) is -0.0229. The van der Waals surface area contributed by atoms with E-state index in [2.05, 4.69) is 4.98 Å². The highest BCUT2D eigenvalue weighted by Crippen LogP contribution is 2.30. The quantitative estimate of drug-likeness (QED) is 0.649. The molecule has 0 saturated heterocycles. The van der Waals surface area contributed by atoms with Crippen LogP contribution in [0, 0.1) is 6.92 Å². The normalized spacial score (nSPS) is 12.8. The maximum atomic E-state index is 12.9. The van der Waals surface area contributed by atoms with Crippen molar-refractivity contribution in [1.82, 2.24) is 9.55 Å². The minimum absolute atomic E-state index is 0.0229. The predicted molar refractivity (Wildman–Crippen MR) is 89.9 cm³/mol. The molecule has 3 heterocycles. The van der Waals surface area contributed by atoms with Crippen LogP contribution >= 0.6 is 0 Å².